The van der Waals surface area contributed by atoms with Crippen LogP contribution in [-0.2, 0) is 9.84 Å². The lowest BCUT2D eigenvalue weighted by atomic mass is 10.3. The number of aromatic nitrogens is 2. The molecule has 0 bridgehead atoms. The smallest absolute Gasteiger partial charge is 0.349 e. The van der Waals surface area contributed by atoms with E-state index in [4.69, 9.17) is 16.3 Å². The van der Waals surface area contributed by atoms with E-state index in [9.17, 15) is 18.5 Å². The normalized spacial score (nSPS) is 11.1. The summed E-state index contributed by atoms with van der Waals surface area (Å²) in [6.07, 6.45) is 1.99. The number of halogens is 1. The van der Waals surface area contributed by atoms with Gasteiger partial charge < -0.3 is 4.74 Å². The van der Waals surface area contributed by atoms with Crippen LogP contribution >= 0.6 is 11.6 Å². The molecule has 0 saturated heterocycles. The van der Waals surface area contributed by atoms with Crippen molar-refractivity contribution in [3.8, 4) is 11.6 Å². The minimum Gasteiger partial charge on any atom is -0.434 e. The van der Waals surface area contributed by atoms with E-state index in [1.807, 2.05) is 0 Å². The summed E-state index contributed by atoms with van der Waals surface area (Å²) < 4.78 is 27.9. The van der Waals surface area contributed by atoms with Gasteiger partial charge in [0.05, 0.1) is 9.82 Å². The van der Waals surface area contributed by atoms with Gasteiger partial charge in [-0.2, -0.15) is 4.98 Å². The standard InChI is InChI=1S/C11H8ClN3O5S/c1-21(18,19)8-4-2-7(3-5-8)20-10-9(15(16)17)6-13-11(12)14-10/h2-6H,1H3. The predicted molar refractivity (Wildman–Crippen MR) is 73.3 cm³/mol. The molecule has 0 radical (unpaired) electrons. The number of hydrogen-bond acceptors (Lipinski definition) is 7. The highest BCUT2D eigenvalue weighted by Gasteiger charge is 2.19. The molecule has 0 amide bonds. The number of rotatable bonds is 4. The highest BCUT2D eigenvalue weighted by molar-refractivity contribution is 7.90. The average Bonchev–Trinajstić information content (AvgIpc) is 2.38. The van der Waals surface area contributed by atoms with Crippen molar-refractivity contribution in [3.05, 3.63) is 45.9 Å². The Morgan fingerprint density at radius 3 is 2.43 bits per heavy atom. The summed E-state index contributed by atoms with van der Waals surface area (Å²) in [5.41, 5.74) is -0.452. The van der Waals surface area contributed by atoms with Crippen LogP contribution < -0.4 is 4.74 Å². The van der Waals surface area contributed by atoms with Crippen LogP contribution in [0.2, 0.25) is 5.28 Å². The zero-order valence-electron chi connectivity index (χ0n) is 10.6. The average molecular weight is 330 g/mol. The fourth-order valence-electron chi connectivity index (χ4n) is 1.41. The Morgan fingerprint density at radius 1 is 1.29 bits per heavy atom. The minimum atomic E-state index is -3.33. The summed E-state index contributed by atoms with van der Waals surface area (Å²) in [6.45, 7) is 0. The summed E-state index contributed by atoms with van der Waals surface area (Å²) in [5.74, 6) is -0.146. The lowest BCUT2D eigenvalue weighted by molar-refractivity contribution is -0.386. The Bertz CT molecular complexity index is 792. The second kappa shape index (κ2) is 5.62. The molecule has 0 unspecified atom stereocenters. The topological polar surface area (TPSA) is 112 Å². The van der Waals surface area contributed by atoms with Crippen molar-refractivity contribution in [3.63, 3.8) is 0 Å². The number of ether oxygens (including phenoxy) is 1. The Balaban J connectivity index is 2.34. The second-order valence-electron chi connectivity index (χ2n) is 3.93. The molecule has 110 valence electrons. The second-order valence-corrected chi connectivity index (χ2v) is 6.29. The third kappa shape index (κ3) is 3.64. The molecule has 0 aliphatic heterocycles. The van der Waals surface area contributed by atoms with E-state index in [2.05, 4.69) is 9.97 Å². The fraction of sp³-hybridized carbons (Fsp3) is 0.0909. The monoisotopic (exact) mass is 329 g/mol. The molecule has 0 N–H and O–H groups in total. The summed E-state index contributed by atoms with van der Waals surface area (Å²) in [6, 6.07) is 5.35. The molecule has 0 saturated carbocycles. The summed E-state index contributed by atoms with van der Waals surface area (Å²) in [5, 5.41) is 10.6. The number of benzene rings is 1. The van der Waals surface area contributed by atoms with Crippen LogP contribution in [0.1, 0.15) is 0 Å². The Hall–Kier alpha value is -2.26. The van der Waals surface area contributed by atoms with E-state index in [-0.39, 0.29) is 21.8 Å². The predicted octanol–water partition coefficient (Wildman–Crippen LogP) is 2.23. The van der Waals surface area contributed by atoms with Crippen molar-refractivity contribution in [2.75, 3.05) is 6.26 Å². The molecule has 0 aliphatic carbocycles. The number of sulfone groups is 1. The van der Waals surface area contributed by atoms with Gasteiger partial charge in [-0.25, -0.2) is 13.4 Å². The summed E-state index contributed by atoms with van der Waals surface area (Å²) >= 11 is 5.57. The SMILES string of the molecule is CS(=O)(=O)c1ccc(Oc2nc(Cl)ncc2[N+](=O)[O-])cc1. The number of nitrogens with zero attached hydrogens (tertiary/aromatic N) is 3. The van der Waals surface area contributed by atoms with Crippen LogP contribution in [0.4, 0.5) is 5.69 Å². The molecule has 2 rings (SSSR count). The summed E-state index contributed by atoms with van der Waals surface area (Å²) in [4.78, 5) is 17.4. The first-order valence-electron chi connectivity index (χ1n) is 5.42. The van der Waals surface area contributed by atoms with Gasteiger partial charge in [0.2, 0.25) is 5.28 Å². The maximum Gasteiger partial charge on any atom is 0.349 e. The van der Waals surface area contributed by atoms with Gasteiger partial charge >= 0.3 is 11.6 Å². The van der Waals surface area contributed by atoms with Gasteiger partial charge in [-0.15, -0.1) is 0 Å². The third-order valence-electron chi connectivity index (χ3n) is 2.37. The van der Waals surface area contributed by atoms with Crippen LogP contribution in [0.5, 0.6) is 11.6 Å². The van der Waals surface area contributed by atoms with E-state index in [0.717, 1.165) is 12.5 Å². The van der Waals surface area contributed by atoms with Gasteiger partial charge in [0, 0.05) is 6.26 Å². The van der Waals surface area contributed by atoms with Crippen LogP contribution in [-0.4, -0.2) is 29.6 Å². The summed E-state index contributed by atoms with van der Waals surface area (Å²) in [7, 11) is -3.33. The van der Waals surface area contributed by atoms with Crippen molar-refractivity contribution in [1.29, 1.82) is 0 Å². The van der Waals surface area contributed by atoms with Gasteiger partial charge in [-0.1, -0.05) is 0 Å². The van der Waals surface area contributed by atoms with Crippen LogP contribution in [0.3, 0.4) is 0 Å². The first-order chi connectivity index (χ1) is 9.77. The molecule has 1 heterocycles. The highest BCUT2D eigenvalue weighted by atomic mass is 35.5. The highest BCUT2D eigenvalue weighted by Crippen LogP contribution is 2.29. The van der Waals surface area contributed by atoms with Crippen molar-refractivity contribution in [1.82, 2.24) is 9.97 Å². The quantitative estimate of drug-likeness (QED) is 0.480. The van der Waals surface area contributed by atoms with E-state index in [1.54, 1.807) is 0 Å². The fourth-order valence-corrected chi connectivity index (χ4v) is 2.16. The van der Waals surface area contributed by atoms with Gasteiger partial charge in [-0.05, 0) is 35.9 Å². The zero-order valence-corrected chi connectivity index (χ0v) is 12.1. The van der Waals surface area contributed by atoms with Crippen LogP contribution in [0, 0.1) is 10.1 Å². The molecule has 0 spiro atoms. The molecular weight excluding hydrogens is 322 g/mol. The molecule has 8 nitrogen and oxygen atoms in total. The van der Waals surface area contributed by atoms with Crippen LogP contribution in [0.15, 0.2) is 35.4 Å². The van der Waals surface area contributed by atoms with Crippen molar-refractivity contribution in [2.24, 2.45) is 0 Å². The molecule has 1 aromatic heterocycles. The first kappa shape index (κ1) is 15.1. The maximum absolute atomic E-state index is 11.3. The van der Waals surface area contributed by atoms with Crippen molar-refractivity contribution >= 4 is 27.1 Å². The lowest BCUT2D eigenvalue weighted by Crippen LogP contribution is -1.99. The van der Waals surface area contributed by atoms with Gasteiger partial charge in [0.1, 0.15) is 11.9 Å². The number of hydrogen-bond donors (Lipinski definition) is 0. The van der Waals surface area contributed by atoms with E-state index < -0.39 is 20.4 Å². The molecular formula is C11H8ClN3O5S. The van der Waals surface area contributed by atoms with Gasteiger partial charge in [-0.3, -0.25) is 10.1 Å². The zero-order chi connectivity index (χ0) is 15.6. The van der Waals surface area contributed by atoms with Crippen molar-refractivity contribution < 1.29 is 18.1 Å². The van der Waals surface area contributed by atoms with E-state index in [1.165, 1.54) is 24.3 Å². The molecule has 1 aromatic carbocycles. The molecule has 0 aliphatic rings. The van der Waals surface area contributed by atoms with E-state index in [0.29, 0.717) is 0 Å². The molecule has 10 heteroatoms. The molecule has 21 heavy (non-hydrogen) atoms. The van der Waals surface area contributed by atoms with Crippen molar-refractivity contribution in [2.45, 2.75) is 4.90 Å². The lowest BCUT2D eigenvalue weighted by Gasteiger charge is -2.05. The maximum atomic E-state index is 11.3. The van der Waals surface area contributed by atoms with E-state index >= 15 is 0 Å². The minimum absolute atomic E-state index is 0.102. The van der Waals surface area contributed by atoms with Gasteiger partial charge in [0.25, 0.3) is 0 Å². The van der Waals surface area contributed by atoms with Crippen LogP contribution in [0.25, 0.3) is 0 Å². The van der Waals surface area contributed by atoms with Gasteiger partial charge in [0.15, 0.2) is 9.84 Å². The largest absolute Gasteiger partial charge is 0.434 e. The Labute approximate surface area is 124 Å². The molecule has 2 aromatic rings. The third-order valence-corrected chi connectivity index (χ3v) is 3.68. The number of nitro groups is 1. The molecule has 0 fully saturated rings. The first-order valence-corrected chi connectivity index (χ1v) is 7.69. The Morgan fingerprint density at radius 2 is 1.90 bits per heavy atom. The Kier molecular flexibility index (Phi) is 4.05. The molecule has 0 atom stereocenters.